The lowest BCUT2D eigenvalue weighted by Gasteiger charge is -2.29. The van der Waals surface area contributed by atoms with E-state index >= 15 is 0 Å². The molecule has 0 unspecified atom stereocenters. The van der Waals surface area contributed by atoms with Crippen LogP contribution in [0.4, 0.5) is 11.6 Å². The minimum absolute atomic E-state index is 0.742. The second kappa shape index (κ2) is 6.89. The number of hydrogen-bond donors (Lipinski definition) is 1. The Bertz CT molecular complexity index is 625. The van der Waals surface area contributed by atoms with Crippen molar-refractivity contribution in [3.8, 4) is 0 Å². The van der Waals surface area contributed by atoms with Gasteiger partial charge < -0.3 is 19.9 Å². The molecule has 1 aliphatic heterocycles. The number of nitrogens with one attached hydrogen (secondary N) is 1. The van der Waals surface area contributed by atoms with Crippen molar-refractivity contribution in [1.29, 1.82) is 0 Å². The van der Waals surface area contributed by atoms with Crippen LogP contribution >= 0.6 is 0 Å². The number of hydrogen-bond acceptors (Lipinski definition) is 6. The third kappa shape index (κ3) is 3.45. The van der Waals surface area contributed by atoms with Crippen molar-refractivity contribution in [2.45, 2.75) is 0 Å². The van der Waals surface area contributed by atoms with Crippen molar-refractivity contribution in [1.82, 2.24) is 14.9 Å². The van der Waals surface area contributed by atoms with E-state index < -0.39 is 0 Å². The Morgan fingerprint density at radius 1 is 1.14 bits per heavy atom. The largest absolute Gasteiger partial charge is 0.378 e. The summed E-state index contributed by atoms with van der Waals surface area (Å²) in [6.07, 6.45) is 0. The number of likely N-dealkylation sites (N-methyl/N-ethyl adjacent to an activating group) is 1. The van der Waals surface area contributed by atoms with Gasteiger partial charge in [-0.2, -0.15) is 0 Å². The highest BCUT2D eigenvalue weighted by Crippen LogP contribution is 2.25. The Hall–Kier alpha value is -1.92. The van der Waals surface area contributed by atoms with Gasteiger partial charge in [-0.25, -0.2) is 9.97 Å². The molecule has 0 atom stereocenters. The summed E-state index contributed by atoms with van der Waals surface area (Å²) in [7, 11) is 4.13. The van der Waals surface area contributed by atoms with E-state index in [2.05, 4.69) is 29.2 Å². The lowest BCUT2D eigenvalue weighted by atomic mass is 10.3. The summed E-state index contributed by atoms with van der Waals surface area (Å²) in [5.74, 6) is 1.79. The molecule has 1 saturated heterocycles. The lowest BCUT2D eigenvalue weighted by molar-refractivity contribution is 0.122. The second-order valence-corrected chi connectivity index (χ2v) is 5.71. The van der Waals surface area contributed by atoms with Crippen LogP contribution in [0, 0.1) is 0 Å². The Balaban J connectivity index is 1.90. The number of ether oxygens (including phenoxy) is 1. The first-order valence-electron chi connectivity index (χ1n) is 7.72. The number of morpholine rings is 1. The second-order valence-electron chi connectivity index (χ2n) is 5.71. The van der Waals surface area contributed by atoms with Crippen LogP contribution in [0.25, 0.3) is 11.0 Å². The number of aromatic nitrogens is 2. The summed E-state index contributed by atoms with van der Waals surface area (Å²) in [6.45, 7) is 5.00. The maximum atomic E-state index is 5.44. The van der Waals surface area contributed by atoms with E-state index in [1.54, 1.807) is 0 Å². The monoisotopic (exact) mass is 301 g/mol. The highest BCUT2D eigenvalue weighted by Gasteiger charge is 2.18. The topological polar surface area (TPSA) is 53.5 Å². The molecule has 1 aromatic heterocycles. The van der Waals surface area contributed by atoms with E-state index in [1.165, 1.54) is 0 Å². The van der Waals surface area contributed by atoms with Crippen LogP contribution in [0.1, 0.15) is 0 Å². The maximum Gasteiger partial charge on any atom is 0.172 e. The molecule has 6 heteroatoms. The highest BCUT2D eigenvalue weighted by atomic mass is 16.5. The minimum Gasteiger partial charge on any atom is -0.378 e. The number of benzene rings is 1. The molecule has 0 amide bonds. The fraction of sp³-hybridized carbons (Fsp3) is 0.500. The fourth-order valence-corrected chi connectivity index (χ4v) is 2.50. The summed E-state index contributed by atoms with van der Waals surface area (Å²) >= 11 is 0. The first-order valence-corrected chi connectivity index (χ1v) is 7.72. The number of anilines is 2. The van der Waals surface area contributed by atoms with Crippen LogP contribution in [0.15, 0.2) is 24.3 Å². The van der Waals surface area contributed by atoms with Gasteiger partial charge in [-0.15, -0.1) is 0 Å². The molecular formula is C16H23N5O. The molecule has 3 rings (SSSR count). The number of para-hydroxylation sites is 2. The standard InChI is InChI=1S/C16H23N5O/c1-20(2)8-7-17-15-16(21-9-11-22-12-10-21)19-14-6-4-3-5-13(14)18-15/h3-6H,7-12H2,1-2H3,(H,17,18). The molecule has 0 bridgehead atoms. The zero-order valence-corrected chi connectivity index (χ0v) is 13.2. The normalized spacial score (nSPS) is 15.5. The summed E-state index contributed by atoms with van der Waals surface area (Å²) in [4.78, 5) is 14.0. The molecule has 2 aromatic rings. The number of rotatable bonds is 5. The van der Waals surface area contributed by atoms with Gasteiger partial charge in [0.25, 0.3) is 0 Å². The molecular weight excluding hydrogens is 278 g/mol. The zero-order valence-electron chi connectivity index (χ0n) is 13.2. The van der Waals surface area contributed by atoms with Crippen LogP contribution < -0.4 is 10.2 Å². The molecule has 1 fully saturated rings. The summed E-state index contributed by atoms with van der Waals surface area (Å²) in [6, 6.07) is 8.01. The summed E-state index contributed by atoms with van der Waals surface area (Å²) in [5, 5.41) is 3.44. The predicted octanol–water partition coefficient (Wildman–Crippen LogP) is 1.44. The van der Waals surface area contributed by atoms with Crippen LogP contribution in [0.2, 0.25) is 0 Å². The molecule has 1 aromatic carbocycles. The van der Waals surface area contributed by atoms with Gasteiger partial charge in [-0.1, -0.05) is 12.1 Å². The summed E-state index contributed by atoms with van der Waals surface area (Å²) < 4.78 is 5.44. The quantitative estimate of drug-likeness (QED) is 0.902. The molecule has 118 valence electrons. The Kier molecular flexibility index (Phi) is 4.70. The van der Waals surface area contributed by atoms with E-state index in [0.29, 0.717) is 0 Å². The van der Waals surface area contributed by atoms with Gasteiger partial charge in [0.15, 0.2) is 11.6 Å². The Morgan fingerprint density at radius 3 is 2.50 bits per heavy atom. The van der Waals surface area contributed by atoms with E-state index in [1.807, 2.05) is 24.3 Å². The molecule has 0 radical (unpaired) electrons. The van der Waals surface area contributed by atoms with Crippen molar-refractivity contribution >= 4 is 22.7 Å². The van der Waals surface area contributed by atoms with Crippen LogP contribution in [-0.2, 0) is 4.74 Å². The molecule has 1 N–H and O–H groups in total. The molecule has 1 aliphatic rings. The van der Waals surface area contributed by atoms with Gasteiger partial charge in [0.05, 0.1) is 24.2 Å². The molecule has 6 nitrogen and oxygen atoms in total. The van der Waals surface area contributed by atoms with Crippen LogP contribution in [0.3, 0.4) is 0 Å². The minimum atomic E-state index is 0.742. The first kappa shape index (κ1) is 15.0. The molecule has 2 heterocycles. The Labute approximate surface area is 131 Å². The maximum absolute atomic E-state index is 5.44. The van der Waals surface area contributed by atoms with Gasteiger partial charge in [-0.3, -0.25) is 0 Å². The van der Waals surface area contributed by atoms with Gasteiger partial charge in [0.2, 0.25) is 0 Å². The third-order valence-corrected chi connectivity index (χ3v) is 3.71. The smallest absolute Gasteiger partial charge is 0.172 e. The van der Waals surface area contributed by atoms with Gasteiger partial charge in [-0.05, 0) is 26.2 Å². The first-order chi connectivity index (χ1) is 10.7. The average molecular weight is 301 g/mol. The van der Waals surface area contributed by atoms with Crippen molar-refractivity contribution in [3.63, 3.8) is 0 Å². The van der Waals surface area contributed by atoms with Crippen molar-refractivity contribution < 1.29 is 4.74 Å². The van der Waals surface area contributed by atoms with E-state index in [9.17, 15) is 0 Å². The molecule has 0 spiro atoms. The molecule has 0 saturated carbocycles. The van der Waals surface area contributed by atoms with E-state index in [-0.39, 0.29) is 0 Å². The molecule has 22 heavy (non-hydrogen) atoms. The van der Waals surface area contributed by atoms with Gasteiger partial charge >= 0.3 is 0 Å². The number of nitrogens with zero attached hydrogens (tertiary/aromatic N) is 4. The van der Waals surface area contributed by atoms with Gasteiger partial charge in [0, 0.05) is 26.2 Å². The van der Waals surface area contributed by atoms with Crippen LogP contribution in [0.5, 0.6) is 0 Å². The van der Waals surface area contributed by atoms with E-state index in [4.69, 9.17) is 14.7 Å². The fourth-order valence-electron chi connectivity index (χ4n) is 2.50. The third-order valence-electron chi connectivity index (χ3n) is 3.71. The number of fused-ring (bicyclic) bond motifs is 1. The SMILES string of the molecule is CN(C)CCNc1nc2ccccc2nc1N1CCOCC1. The highest BCUT2D eigenvalue weighted by molar-refractivity contribution is 5.80. The van der Waals surface area contributed by atoms with E-state index in [0.717, 1.165) is 62.1 Å². The zero-order chi connectivity index (χ0) is 15.4. The van der Waals surface area contributed by atoms with Crippen molar-refractivity contribution in [2.24, 2.45) is 0 Å². The van der Waals surface area contributed by atoms with Crippen molar-refractivity contribution in [2.75, 3.05) is 63.7 Å². The molecule has 0 aliphatic carbocycles. The van der Waals surface area contributed by atoms with Crippen molar-refractivity contribution in [3.05, 3.63) is 24.3 Å². The van der Waals surface area contributed by atoms with Crippen LogP contribution in [-0.4, -0.2) is 68.4 Å². The lowest BCUT2D eigenvalue weighted by Crippen LogP contribution is -2.37. The average Bonchev–Trinajstić information content (AvgIpc) is 2.54. The summed E-state index contributed by atoms with van der Waals surface area (Å²) in [5.41, 5.74) is 1.86. The predicted molar refractivity (Wildman–Crippen MR) is 89.6 cm³/mol. The Morgan fingerprint density at radius 2 is 1.82 bits per heavy atom. The van der Waals surface area contributed by atoms with Gasteiger partial charge in [0.1, 0.15) is 0 Å².